The molecule has 0 saturated carbocycles. The number of aromatic hydroxyl groups is 3. The highest BCUT2D eigenvalue weighted by Gasteiger charge is 2.16. The third kappa shape index (κ3) is 2.88. The van der Waals surface area contributed by atoms with Crippen LogP contribution in [0.4, 0.5) is 0 Å². The van der Waals surface area contributed by atoms with E-state index >= 15 is 0 Å². The molecule has 110 valence electrons. The first-order chi connectivity index (χ1) is 10.6. The van der Waals surface area contributed by atoms with Crippen LogP contribution in [0.15, 0.2) is 72.8 Å². The van der Waals surface area contributed by atoms with Gasteiger partial charge in [-0.1, -0.05) is 36.4 Å². The SMILES string of the molecule is Oc1ccc(C(c2ccc(O)cc2)c2ccc(O)cc2)cc1. The first-order valence-corrected chi connectivity index (χ1v) is 7.00. The molecule has 3 aromatic carbocycles. The molecule has 0 bridgehead atoms. The molecule has 3 nitrogen and oxygen atoms in total. The molecule has 0 unspecified atom stereocenters. The molecule has 3 aromatic rings. The number of hydrogen-bond donors (Lipinski definition) is 3. The molecule has 0 atom stereocenters. The lowest BCUT2D eigenvalue weighted by atomic mass is 9.85. The summed E-state index contributed by atoms with van der Waals surface area (Å²) in [5.41, 5.74) is 3.07. The molecule has 22 heavy (non-hydrogen) atoms. The highest BCUT2D eigenvalue weighted by molar-refractivity contribution is 5.46. The molecule has 3 heteroatoms. The van der Waals surface area contributed by atoms with Gasteiger partial charge in [0.15, 0.2) is 0 Å². The maximum atomic E-state index is 9.49. The van der Waals surface area contributed by atoms with E-state index in [4.69, 9.17) is 0 Å². The highest BCUT2D eigenvalue weighted by Crippen LogP contribution is 2.34. The molecule has 0 spiro atoms. The Hall–Kier alpha value is -2.94. The Morgan fingerprint density at radius 3 is 0.864 bits per heavy atom. The maximum absolute atomic E-state index is 9.49. The molecule has 0 aliphatic heterocycles. The van der Waals surface area contributed by atoms with E-state index in [-0.39, 0.29) is 23.2 Å². The van der Waals surface area contributed by atoms with Crippen LogP contribution in [0.3, 0.4) is 0 Å². The minimum Gasteiger partial charge on any atom is -0.508 e. The fraction of sp³-hybridized carbons (Fsp3) is 0.0526. The second-order valence-corrected chi connectivity index (χ2v) is 5.21. The minimum atomic E-state index is -0.0400. The van der Waals surface area contributed by atoms with Crippen LogP contribution in [-0.2, 0) is 0 Å². The van der Waals surface area contributed by atoms with Gasteiger partial charge in [-0.15, -0.1) is 0 Å². The quantitative estimate of drug-likeness (QED) is 0.640. The van der Waals surface area contributed by atoms with Crippen LogP contribution in [0.2, 0.25) is 0 Å². The van der Waals surface area contributed by atoms with Crippen LogP contribution in [0.5, 0.6) is 17.2 Å². The topological polar surface area (TPSA) is 60.7 Å². The van der Waals surface area contributed by atoms with Gasteiger partial charge in [-0.3, -0.25) is 0 Å². The summed E-state index contributed by atoms with van der Waals surface area (Å²) < 4.78 is 0. The molecule has 0 saturated heterocycles. The summed E-state index contributed by atoms with van der Waals surface area (Å²) in [6, 6.07) is 21.2. The molecule has 0 aliphatic carbocycles. The lowest BCUT2D eigenvalue weighted by Crippen LogP contribution is -2.03. The van der Waals surface area contributed by atoms with Crippen LogP contribution >= 0.6 is 0 Å². The fourth-order valence-electron chi connectivity index (χ4n) is 2.58. The van der Waals surface area contributed by atoms with E-state index in [0.717, 1.165) is 16.7 Å². The molecule has 0 radical (unpaired) electrons. The van der Waals surface area contributed by atoms with Crippen molar-refractivity contribution >= 4 is 0 Å². The molecule has 0 fully saturated rings. The van der Waals surface area contributed by atoms with E-state index in [9.17, 15) is 15.3 Å². The highest BCUT2D eigenvalue weighted by atomic mass is 16.3. The van der Waals surface area contributed by atoms with Gasteiger partial charge in [0.1, 0.15) is 17.2 Å². The van der Waals surface area contributed by atoms with Gasteiger partial charge in [0.05, 0.1) is 0 Å². The number of hydrogen-bond acceptors (Lipinski definition) is 3. The van der Waals surface area contributed by atoms with Crippen molar-refractivity contribution in [2.75, 3.05) is 0 Å². The minimum absolute atomic E-state index is 0.0400. The lowest BCUT2D eigenvalue weighted by Gasteiger charge is -2.19. The first kappa shape index (κ1) is 14.0. The summed E-state index contributed by atoms with van der Waals surface area (Å²) >= 11 is 0. The average Bonchev–Trinajstić information content (AvgIpc) is 2.53. The molecule has 0 aromatic heterocycles. The van der Waals surface area contributed by atoms with Crippen molar-refractivity contribution in [3.8, 4) is 17.2 Å². The smallest absolute Gasteiger partial charge is 0.115 e. The molecule has 0 aliphatic rings. The Labute approximate surface area is 128 Å². The molecule has 3 N–H and O–H groups in total. The van der Waals surface area contributed by atoms with Crippen LogP contribution in [-0.4, -0.2) is 15.3 Å². The second kappa shape index (κ2) is 5.82. The summed E-state index contributed by atoms with van der Waals surface area (Å²) in [7, 11) is 0. The van der Waals surface area contributed by atoms with Gasteiger partial charge in [-0.05, 0) is 53.1 Å². The average molecular weight is 292 g/mol. The van der Waals surface area contributed by atoms with Gasteiger partial charge in [-0.2, -0.15) is 0 Å². The van der Waals surface area contributed by atoms with E-state index < -0.39 is 0 Å². The van der Waals surface area contributed by atoms with E-state index in [0.29, 0.717) is 0 Å². The van der Waals surface area contributed by atoms with E-state index in [1.807, 2.05) is 36.4 Å². The summed E-state index contributed by atoms with van der Waals surface area (Å²) in [5, 5.41) is 28.5. The Balaban J connectivity index is 2.10. The number of phenolic OH excluding ortho intramolecular Hbond substituents is 3. The van der Waals surface area contributed by atoms with Crippen molar-refractivity contribution in [3.63, 3.8) is 0 Å². The largest absolute Gasteiger partial charge is 0.508 e. The summed E-state index contributed by atoms with van der Waals surface area (Å²) in [6.07, 6.45) is 0. The molecule has 0 heterocycles. The Morgan fingerprint density at radius 2 is 0.636 bits per heavy atom. The van der Waals surface area contributed by atoms with Gasteiger partial charge in [0.2, 0.25) is 0 Å². The molecule has 0 amide bonds. The molecule has 3 rings (SSSR count). The third-order valence-corrected chi connectivity index (χ3v) is 3.68. The summed E-state index contributed by atoms with van der Waals surface area (Å²) in [4.78, 5) is 0. The zero-order chi connectivity index (χ0) is 15.5. The number of rotatable bonds is 3. The van der Waals surface area contributed by atoms with Gasteiger partial charge in [-0.25, -0.2) is 0 Å². The van der Waals surface area contributed by atoms with Crippen molar-refractivity contribution in [3.05, 3.63) is 89.5 Å². The van der Waals surface area contributed by atoms with Gasteiger partial charge < -0.3 is 15.3 Å². The predicted octanol–water partition coefficient (Wildman–Crippen LogP) is 3.98. The van der Waals surface area contributed by atoms with Gasteiger partial charge >= 0.3 is 0 Å². The molecular formula is C19H16O3. The van der Waals surface area contributed by atoms with E-state index in [2.05, 4.69) is 0 Å². The summed E-state index contributed by atoms with van der Waals surface area (Å²) in [5.74, 6) is 0.624. The van der Waals surface area contributed by atoms with E-state index in [1.165, 1.54) is 0 Å². The van der Waals surface area contributed by atoms with Gasteiger partial charge in [0, 0.05) is 5.92 Å². The van der Waals surface area contributed by atoms with Crippen molar-refractivity contribution in [1.82, 2.24) is 0 Å². The van der Waals surface area contributed by atoms with Crippen molar-refractivity contribution in [2.24, 2.45) is 0 Å². The van der Waals surface area contributed by atoms with Crippen molar-refractivity contribution < 1.29 is 15.3 Å². The number of benzene rings is 3. The normalized spacial score (nSPS) is 10.8. The number of phenols is 3. The zero-order valence-electron chi connectivity index (χ0n) is 11.8. The standard InChI is InChI=1S/C19H16O3/c20-16-7-1-13(2-8-16)19(14-3-9-17(21)10-4-14)15-5-11-18(22)12-6-15/h1-12,19-22H. The van der Waals surface area contributed by atoms with Crippen molar-refractivity contribution in [2.45, 2.75) is 5.92 Å². The maximum Gasteiger partial charge on any atom is 0.115 e. The Kier molecular flexibility index (Phi) is 3.71. The van der Waals surface area contributed by atoms with Crippen LogP contribution in [0.1, 0.15) is 22.6 Å². The fourth-order valence-corrected chi connectivity index (χ4v) is 2.58. The predicted molar refractivity (Wildman–Crippen MR) is 85.3 cm³/mol. The van der Waals surface area contributed by atoms with Gasteiger partial charge in [0.25, 0.3) is 0 Å². The Bertz CT molecular complexity index is 636. The third-order valence-electron chi connectivity index (χ3n) is 3.68. The molecular weight excluding hydrogens is 276 g/mol. The second-order valence-electron chi connectivity index (χ2n) is 5.21. The first-order valence-electron chi connectivity index (χ1n) is 7.00. The lowest BCUT2D eigenvalue weighted by molar-refractivity contribution is 0.475. The summed E-state index contributed by atoms with van der Waals surface area (Å²) in [6.45, 7) is 0. The monoisotopic (exact) mass is 292 g/mol. The van der Waals surface area contributed by atoms with Crippen molar-refractivity contribution in [1.29, 1.82) is 0 Å². The van der Waals surface area contributed by atoms with E-state index in [1.54, 1.807) is 36.4 Å². The Morgan fingerprint density at radius 1 is 0.409 bits per heavy atom. The van der Waals surface area contributed by atoms with Crippen LogP contribution in [0.25, 0.3) is 0 Å². The van der Waals surface area contributed by atoms with Crippen LogP contribution < -0.4 is 0 Å². The zero-order valence-corrected chi connectivity index (χ0v) is 11.8. The van der Waals surface area contributed by atoms with Crippen LogP contribution in [0, 0.1) is 0 Å².